The highest BCUT2D eigenvalue weighted by molar-refractivity contribution is 7.89. The molecule has 7 nitrogen and oxygen atoms in total. The van der Waals surface area contributed by atoms with Crippen LogP contribution in [0.4, 0.5) is 5.82 Å². The zero-order valence-electron chi connectivity index (χ0n) is 12.9. The predicted octanol–water partition coefficient (Wildman–Crippen LogP) is 0.0120. The second-order valence-corrected chi connectivity index (χ2v) is 7.18. The van der Waals surface area contributed by atoms with Gasteiger partial charge in [0.05, 0.1) is 0 Å². The van der Waals surface area contributed by atoms with E-state index in [2.05, 4.69) is 16.9 Å². The van der Waals surface area contributed by atoms with Crippen LogP contribution in [0.2, 0.25) is 0 Å². The van der Waals surface area contributed by atoms with E-state index < -0.39 is 10.0 Å². The summed E-state index contributed by atoms with van der Waals surface area (Å²) in [6.45, 7) is 2.56. The van der Waals surface area contributed by atoms with Crippen molar-refractivity contribution in [1.29, 1.82) is 0 Å². The van der Waals surface area contributed by atoms with Crippen LogP contribution in [0, 0.1) is 0 Å². The number of pyridine rings is 1. The lowest BCUT2D eigenvalue weighted by Crippen LogP contribution is -2.44. The molecule has 1 aliphatic rings. The summed E-state index contributed by atoms with van der Waals surface area (Å²) in [6.07, 6.45) is 4.22. The molecule has 22 heavy (non-hydrogen) atoms. The van der Waals surface area contributed by atoms with Gasteiger partial charge in [-0.15, -0.1) is 0 Å². The van der Waals surface area contributed by atoms with Crippen LogP contribution in [-0.2, 0) is 10.0 Å². The number of aliphatic hydroxyl groups excluding tert-OH is 1. The molecule has 1 aromatic heterocycles. The van der Waals surface area contributed by atoms with E-state index in [1.165, 1.54) is 6.07 Å². The quantitative estimate of drug-likeness (QED) is 0.763. The molecule has 1 saturated heterocycles. The first-order valence-electron chi connectivity index (χ1n) is 7.47. The predicted molar refractivity (Wildman–Crippen MR) is 85.2 cm³/mol. The molecule has 0 amide bonds. The van der Waals surface area contributed by atoms with E-state index in [1.807, 2.05) is 4.90 Å². The van der Waals surface area contributed by atoms with Crippen LogP contribution < -0.4 is 10.0 Å². The first-order valence-corrected chi connectivity index (χ1v) is 9.02. The Bertz CT molecular complexity index is 586. The van der Waals surface area contributed by atoms with Crippen molar-refractivity contribution < 1.29 is 13.5 Å². The minimum Gasteiger partial charge on any atom is -0.396 e. The molecule has 0 aliphatic carbocycles. The SMILES string of the molecule is CN(CCCO)C1CCN(c2ncccc2S(N)(=O)=O)CC1. The summed E-state index contributed by atoms with van der Waals surface area (Å²) in [7, 11) is -1.71. The fourth-order valence-electron chi connectivity index (χ4n) is 2.86. The largest absolute Gasteiger partial charge is 0.396 e. The molecule has 8 heteroatoms. The van der Waals surface area contributed by atoms with E-state index in [-0.39, 0.29) is 11.5 Å². The van der Waals surface area contributed by atoms with E-state index in [1.54, 1.807) is 12.3 Å². The maximum atomic E-state index is 11.7. The van der Waals surface area contributed by atoms with Crippen molar-refractivity contribution in [2.24, 2.45) is 5.14 Å². The molecular formula is C14H24N4O3S. The minimum atomic E-state index is -3.77. The lowest BCUT2D eigenvalue weighted by Gasteiger charge is -2.37. The average molecular weight is 328 g/mol. The van der Waals surface area contributed by atoms with Crippen molar-refractivity contribution in [3.05, 3.63) is 18.3 Å². The Labute approximate surface area is 131 Å². The maximum Gasteiger partial charge on any atom is 0.241 e. The number of piperidine rings is 1. The Balaban J connectivity index is 2.04. The Morgan fingerprint density at radius 1 is 1.45 bits per heavy atom. The summed E-state index contributed by atoms with van der Waals surface area (Å²) < 4.78 is 23.3. The molecule has 2 rings (SSSR count). The van der Waals surface area contributed by atoms with Crippen molar-refractivity contribution in [2.45, 2.75) is 30.2 Å². The van der Waals surface area contributed by atoms with Gasteiger partial charge in [-0.25, -0.2) is 18.5 Å². The second kappa shape index (κ2) is 7.36. The van der Waals surface area contributed by atoms with Crippen molar-refractivity contribution >= 4 is 15.8 Å². The van der Waals surface area contributed by atoms with Crippen LogP contribution in [-0.4, -0.2) is 62.7 Å². The van der Waals surface area contributed by atoms with Crippen molar-refractivity contribution in [1.82, 2.24) is 9.88 Å². The number of rotatable bonds is 6. The summed E-state index contributed by atoms with van der Waals surface area (Å²) in [4.78, 5) is 8.53. The third-order valence-electron chi connectivity index (χ3n) is 4.11. The minimum absolute atomic E-state index is 0.0853. The molecule has 3 N–H and O–H groups in total. The molecule has 0 aromatic carbocycles. The molecule has 0 atom stereocenters. The number of aromatic nitrogens is 1. The smallest absolute Gasteiger partial charge is 0.241 e. The lowest BCUT2D eigenvalue weighted by atomic mass is 10.0. The summed E-state index contributed by atoms with van der Waals surface area (Å²) in [6, 6.07) is 3.53. The van der Waals surface area contributed by atoms with Gasteiger partial charge in [-0.1, -0.05) is 0 Å². The molecule has 1 fully saturated rings. The fraction of sp³-hybridized carbons (Fsp3) is 0.643. The van der Waals surface area contributed by atoms with E-state index in [0.717, 1.165) is 38.9 Å². The molecular weight excluding hydrogens is 304 g/mol. The van der Waals surface area contributed by atoms with Gasteiger partial charge in [0, 0.05) is 38.5 Å². The summed E-state index contributed by atoms with van der Waals surface area (Å²) in [5.74, 6) is 0.446. The number of nitrogens with two attached hydrogens (primary N) is 1. The van der Waals surface area contributed by atoms with Gasteiger partial charge < -0.3 is 14.9 Å². The summed E-state index contributed by atoms with van der Waals surface area (Å²) in [5, 5.41) is 14.2. The molecule has 0 bridgehead atoms. The summed E-state index contributed by atoms with van der Waals surface area (Å²) >= 11 is 0. The highest BCUT2D eigenvalue weighted by Gasteiger charge is 2.26. The van der Waals surface area contributed by atoms with E-state index >= 15 is 0 Å². The highest BCUT2D eigenvalue weighted by atomic mass is 32.2. The van der Waals surface area contributed by atoms with E-state index in [9.17, 15) is 8.42 Å². The van der Waals surface area contributed by atoms with E-state index in [0.29, 0.717) is 11.9 Å². The number of sulfonamides is 1. The first kappa shape index (κ1) is 17.1. The number of nitrogens with zero attached hydrogens (tertiary/aromatic N) is 3. The normalized spacial score (nSPS) is 17.2. The lowest BCUT2D eigenvalue weighted by molar-refractivity contribution is 0.184. The van der Waals surface area contributed by atoms with Gasteiger partial charge in [-0.05, 0) is 38.4 Å². The van der Waals surface area contributed by atoms with Gasteiger partial charge in [0.25, 0.3) is 0 Å². The monoisotopic (exact) mass is 328 g/mol. The average Bonchev–Trinajstić information content (AvgIpc) is 2.52. The van der Waals surface area contributed by atoms with Crippen LogP contribution >= 0.6 is 0 Å². The van der Waals surface area contributed by atoms with Gasteiger partial charge in [0.15, 0.2) is 0 Å². The number of hydrogen-bond donors (Lipinski definition) is 2. The second-order valence-electron chi connectivity index (χ2n) is 5.65. The van der Waals surface area contributed by atoms with Crippen LogP contribution in [0.15, 0.2) is 23.2 Å². The molecule has 0 radical (unpaired) electrons. The topological polar surface area (TPSA) is 99.8 Å². The fourth-order valence-corrected chi connectivity index (χ4v) is 3.57. The van der Waals surface area contributed by atoms with Crippen LogP contribution in [0.25, 0.3) is 0 Å². The third-order valence-corrected chi connectivity index (χ3v) is 5.05. The van der Waals surface area contributed by atoms with Crippen LogP contribution in [0.3, 0.4) is 0 Å². The Kier molecular flexibility index (Phi) is 5.74. The standard InChI is InChI=1S/C14H24N4O3S/c1-17(8-3-11-19)12-5-9-18(10-6-12)14-13(22(15,20)21)4-2-7-16-14/h2,4,7,12,19H,3,5-6,8-11H2,1H3,(H2,15,20,21). The van der Waals surface area contributed by atoms with Gasteiger partial charge in [-0.2, -0.15) is 0 Å². The van der Waals surface area contributed by atoms with Gasteiger partial charge in [0.2, 0.25) is 10.0 Å². The number of hydrogen-bond acceptors (Lipinski definition) is 6. The molecule has 0 unspecified atom stereocenters. The van der Waals surface area contributed by atoms with Gasteiger partial charge >= 0.3 is 0 Å². The van der Waals surface area contributed by atoms with Crippen molar-refractivity contribution in [3.63, 3.8) is 0 Å². The molecule has 1 aliphatic heterocycles. The highest BCUT2D eigenvalue weighted by Crippen LogP contribution is 2.25. The number of primary sulfonamides is 1. The number of aliphatic hydroxyl groups is 1. The summed E-state index contributed by atoms with van der Waals surface area (Å²) in [5.41, 5.74) is 0. The third kappa shape index (κ3) is 4.16. The van der Waals surface area contributed by atoms with Crippen molar-refractivity contribution in [2.75, 3.05) is 38.2 Å². The number of anilines is 1. The Morgan fingerprint density at radius 2 is 2.14 bits per heavy atom. The zero-order valence-corrected chi connectivity index (χ0v) is 13.7. The molecule has 2 heterocycles. The molecule has 124 valence electrons. The molecule has 0 spiro atoms. The van der Waals surface area contributed by atoms with Gasteiger partial charge in [0.1, 0.15) is 10.7 Å². The maximum absolute atomic E-state index is 11.7. The van der Waals surface area contributed by atoms with Gasteiger partial charge in [-0.3, -0.25) is 0 Å². The molecule has 0 saturated carbocycles. The Hall–Kier alpha value is -1.22. The Morgan fingerprint density at radius 3 is 2.73 bits per heavy atom. The van der Waals surface area contributed by atoms with Crippen LogP contribution in [0.5, 0.6) is 0 Å². The van der Waals surface area contributed by atoms with E-state index in [4.69, 9.17) is 10.2 Å². The van der Waals surface area contributed by atoms with Crippen LogP contribution in [0.1, 0.15) is 19.3 Å². The first-order chi connectivity index (χ1) is 10.4. The molecule has 1 aromatic rings. The van der Waals surface area contributed by atoms with Crippen molar-refractivity contribution in [3.8, 4) is 0 Å². The zero-order chi connectivity index (χ0) is 16.2.